The fourth-order valence-corrected chi connectivity index (χ4v) is 0.996. The molecule has 0 fully saturated rings. The van der Waals surface area contributed by atoms with Crippen molar-refractivity contribution < 1.29 is 9.59 Å². The summed E-state index contributed by atoms with van der Waals surface area (Å²) >= 11 is 0. The molecule has 0 aromatic carbocycles. The standard InChI is InChI=1S/C8H8N6O2/c15-5(13-7-9-1-2-10-7)6(16)14-8-11-3-4-12-8/h1-4H,(H2,9,10,13,15)(H2,11,12,14,16). The molecular weight excluding hydrogens is 212 g/mol. The van der Waals surface area contributed by atoms with Gasteiger partial charge >= 0.3 is 11.8 Å². The molecular formula is C8H8N6O2. The van der Waals surface area contributed by atoms with Gasteiger partial charge in [0.25, 0.3) is 0 Å². The molecule has 0 unspecified atom stereocenters. The Balaban J connectivity index is 1.92. The van der Waals surface area contributed by atoms with Gasteiger partial charge in [0, 0.05) is 24.8 Å². The summed E-state index contributed by atoms with van der Waals surface area (Å²) in [5, 5.41) is 4.55. The number of nitrogens with zero attached hydrogens (tertiary/aromatic N) is 2. The number of rotatable bonds is 2. The zero-order chi connectivity index (χ0) is 11.4. The Bertz CT molecular complexity index is 428. The second-order valence-electron chi connectivity index (χ2n) is 2.78. The van der Waals surface area contributed by atoms with E-state index in [0.29, 0.717) is 0 Å². The van der Waals surface area contributed by atoms with E-state index in [2.05, 4.69) is 30.6 Å². The van der Waals surface area contributed by atoms with E-state index >= 15 is 0 Å². The summed E-state index contributed by atoms with van der Waals surface area (Å²) in [6.45, 7) is 0. The van der Waals surface area contributed by atoms with Gasteiger partial charge < -0.3 is 9.97 Å². The maximum atomic E-state index is 11.3. The molecule has 0 aliphatic rings. The number of anilines is 2. The lowest BCUT2D eigenvalue weighted by molar-refractivity contribution is -0.133. The number of amides is 2. The van der Waals surface area contributed by atoms with Gasteiger partial charge in [-0.1, -0.05) is 0 Å². The second-order valence-corrected chi connectivity index (χ2v) is 2.78. The number of H-pyrrole nitrogens is 2. The number of aromatic amines is 2. The summed E-state index contributed by atoms with van der Waals surface area (Å²) in [4.78, 5) is 35.4. The van der Waals surface area contributed by atoms with E-state index in [4.69, 9.17) is 0 Å². The summed E-state index contributed by atoms with van der Waals surface area (Å²) in [7, 11) is 0. The quantitative estimate of drug-likeness (QED) is 0.520. The van der Waals surface area contributed by atoms with Crippen molar-refractivity contribution in [3.8, 4) is 0 Å². The summed E-state index contributed by atoms with van der Waals surface area (Å²) in [6.07, 6.45) is 5.97. The lowest BCUT2D eigenvalue weighted by Crippen LogP contribution is -2.29. The summed E-state index contributed by atoms with van der Waals surface area (Å²) in [5.74, 6) is -1.24. The predicted molar refractivity (Wildman–Crippen MR) is 54.4 cm³/mol. The Morgan fingerprint density at radius 2 is 1.38 bits per heavy atom. The van der Waals surface area contributed by atoms with Crippen molar-refractivity contribution in [2.45, 2.75) is 0 Å². The monoisotopic (exact) mass is 220 g/mol. The molecule has 0 spiro atoms. The summed E-state index contributed by atoms with van der Waals surface area (Å²) < 4.78 is 0. The Labute approximate surface area is 89.5 Å². The minimum absolute atomic E-state index is 0.208. The van der Waals surface area contributed by atoms with E-state index in [-0.39, 0.29) is 11.9 Å². The molecule has 8 heteroatoms. The molecule has 0 radical (unpaired) electrons. The lowest BCUT2D eigenvalue weighted by atomic mass is 10.5. The highest BCUT2D eigenvalue weighted by Crippen LogP contribution is 1.97. The first-order valence-electron chi connectivity index (χ1n) is 4.37. The van der Waals surface area contributed by atoms with Gasteiger partial charge in [-0.05, 0) is 0 Å². The number of hydrogen-bond acceptors (Lipinski definition) is 4. The zero-order valence-electron chi connectivity index (χ0n) is 8.02. The van der Waals surface area contributed by atoms with Gasteiger partial charge in [-0.15, -0.1) is 0 Å². The van der Waals surface area contributed by atoms with Crippen molar-refractivity contribution in [2.24, 2.45) is 0 Å². The van der Waals surface area contributed by atoms with Crippen molar-refractivity contribution >= 4 is 23.7 Å². The highest BCUT2D eigenvalue weighted by molar-refractivity contribution is 6.43. The van der Waals surface area contributed by atoms with Crippen molar-refractivity contribution in [1.29, 1.82) is 0 Å². The molecule has 0 bridgehead atoms. The molecule has 4 N–H and O–H groups in total. The minimum atomic E-state index is -0.827. The molecule has 0 saturated heterocycles. The van der Waals surface area contributed by atoms with Crippen molar-refractivity contribution in [3.05, 3.63) is 24.8 Å². The van der Waals surface area contributed by atoms with Crippen LogP contribution in [0.1, 0.15) is 0 Å². The van der Waals surface area contributed by atoms with Crippen LogP contribution >= 0.6 is 0 Å². The molecule has 0 aliphatic heterocycles. The first-order chi connectivity index (χ1) is 7.75. The van der Waals surface area contributed by atoms with Crippen LogP contribution in [0, 0.1) is 0 Å². The molecule has 2 rings (SSSR count). The van der Waals surface area contributed by atoms with E-state index in [1.165, 1.54) is 24.8 Å². The predicted octanol–water partition coefficient (Wildman–Crippen LogP) is -0.290. The van der Waals surface area contributed by atoms with Crippen molar-refractivity contribution in [2.75, 3.05) is 10.6 Å². The Morgan fingerprint density at radius 1 is 0.938 bits per heavy atom. The smallest absolute Gasteiger partial charge is 0.316 e. The molecule has 8 nitrogen and oxygen atoms in total. The third-order valence-corrected chi connectivity index (χ3v) is 1.67. The topological polar surface area (TPSA) is 116 Å². The first-order valence-corrected chi connectivity index (χ1v) is 4.37. The van der Waals surface area contributed by atoms with E-state index in [1.54, 1.807) is 0 Å². The van der Waals surface area contributed by atoms with Crippen LogP contribution in [-0.4, -0.2) is 31.8 Å². The number of hydrogen-bond donors (Lipinski definition) is 4. The minimum Gasteiger partial charge on any atom is -0.331 e. The molecule has 2 aromatic heterocycles. The SMILES string of the molecule is O=C(Nc1ncc[nH]1)C(=O)Nc1ncc[nH]1. The average molecular weight is 220 g/mol. The van der Waals surface area contributed by atoms with Crippen LogP contribution in [0.15, 0.2) is 24.8 Å². The Kier molecular flexibility index (Phi) is 2.63. The van der Waals surface area contributed by atoms with Crippen LogP contribution in [0.5, 0.6) is 0 Å². The number of nitrogens with one attached hydrogen (secondary N) is 4. The Morgan fingerprint density at radius 3 is 1.69 bits per heavy atom. The molecule has 2 heterocycles. The normalized spacial score (nSPS) is 9.75. The second kappa shape index (κ2) is 4.26. The van der Waals surface area contributed by atoms with Crippen LogP contribution in [0.3, 0.4) is 0 Å². The molecule has 2 aromatic rings. The number of carbonyl (C=O) groups is 2. The first kappa shape index (κ1) is 9.90. The molecule has 0 saturated carbocycles. The fourth-order valence-electron chi connectivity index (χ4n) is 0.996. The van der Waals surface area contributed by atoms with Gasteiger partial charge in [-0.3, -0.25) is 20.2 Å². The maximum absolute atomic E-state index is 11.3. The number of imidazole rings is 2. The van der Waals surface area contributed by atoms with E-state index in [1.807, 2.05) is 0 Å². The molecule has 82 valence electrons. The molecule has 16 heavy (non-hydrogen) atoms. The van der Waals surface area contributed by atoms with Gasteiger partial charge in [0.2, 0.25) is 11.9 Å². The highest BCUT2D eigenvalue weighted by atomic mass is 16.2. The van der Waals surface area contributed by atoms with Crippen LogP contribution in [0.25, 0.3) is 0 Å². The van der Waals surface area contributed by atoms with E-state index in [0.717, 1.165) is 0 Å². The lowest BCUT2D eigenvalue weighted by Gasteiger charge is -2.01. The molecule has 0 atom stereocenters. The summed E-state index contributed by atoms with van der Waals surface area (Å²) in [6, 6.07) is 0. The Hall–Kier alpha value is -2.64. The summed E-state index contributed by atoms with van der Waals surface area (Å²) in [5.41, 5.74) is 0. The van der Waals surface area contributed by atoms with Crippen molar-refractivity contribution in [1.82, 2.24) is 19.9 Å². The molecule has 0 aliphatic carbocycles. The number of aromatic nitrogens is 4. The van der Waals surface area contributed by atoms with Gasteiger partial charge in [0.15, 0.2) is 0 Å². The number of carbonyl (C=O) groups excluding carboxylic acids is 2. The molecule has 2 amide bonds. The van der Waals surface area contributed by atoms with Crippen LogP contribution in [0.4, 0.5) is 11.9 Å². The van der Waals surface area contributed by atoms with Crippen LogP contribution < -0.4 is 10.6 Å². The van der Waals surface area contributed by atoms with Crippen molar-refractivity contribution in [3.63, 3.8) is 0 Å². The van der Waals surface area contributed by atoms with Gasteiger partial charge in [0.1, 0.15) is 0 Å². The zero-order valence-corrected chi connectivity index (χ0v) is 8.02. The third-order valence-electron chi connectivity index (χ3n) is 1.67. The largest absolute Gasteiger partial charge is 0.331 e. The average Bonchev–Trinajstić information content (AvgIpc) is 2.90. The third kappa shape index (κ3) is 2.23. The van der Waals surface area contributed by atoms with E-state index in [9.17, 15) is 9.59 Å². The van der Waals surface area contributed by atoms with Gasteiger partial charge in [-0.2, -0.15) is 0 Å². The highest BCUT2D eigenvalue weighted by Gasteiger charge is 2.15. The van der Waals surface area contributed by atoms with Gasteiger partial charge in [-0.25, -0.2) is 9.97 Å². The van der Waals surface area contributed by atoms with Gasteiger partial charge in [0.05, 0.1) is 0 Å². The van der Waals surface area contributed by atoms with Crippen LogP contribution in [0.2, 0.25) is 0 Å². The van der Waals surface area contributed by atoms with Crippen LogP contribution in [-0.2, 0) is 9.59 Å². The maximum Gasteiger partial charge on any atom is 0.316 e. The van der Waals surface area contributed by atoms with E-state index < -0.39 is 11.8 Å². The fraction of sp³-hybridized carbons (Fsp3) is 0.